The molecule has 0 spiro atoms. The summed E-state index contributed by atoms with van der Waals surface area (Å²) in [5.41, 5.74) is 0.545. The molecule has 0 aromatic carbocycles. The van der Waals surface area contributed by atoms with E-state index in [0.29, 0.717) is 36.5 Å². The zero-order valence-corrected chi connectivity index (χ0v) is 16.0. The molecule has 11 heteroatoms. The van der Waals surface area contributed by atoms with Crippen LogP contribution in [0.25, 0.3) is 0 Å². The highest BCUT2D eigenvalue weighted by molar-refractivity contribution is 7.98. The van der Waals surface area contributed by atoms with Crippen molar-refractivity contribution in [3.05, 3.63) is 23.9 Å². The van der Waals surface area contributed by atoms with E-state index in [1.54, 1.807) is 23.2 Å². The first-order valence-corrected chi connectivity index (χ1v) is 9.85. The Kier molecular flexibility index (Phi) is 7.67. The number of rotatable bonds is 5. The number of hydrogen-bond donors (Lipinski definition) is 2. The smallest absolute Gasteiger partial charge is 0.348 e. The first kappa shape index (κ1) is 22.0. The maximum absolute atomic E-state index is 12.7. The fraction of sp³-hybridized carbons (Fsp3) is 0.529. The molecule has 0 saturated carbocycles. The molecule has 0 radical (unpaired) electrons. The van der Waals surface area contributed by atoms with Gasteiger partial charge in [0.15, 0.2) is 0 Å². The molecule has 1 saturated heterocycles. The number of nitrogens with zero attached hydrogens (tertiary/aromatic N) is 2. The maximum atomic E-state index is 12.7. The molecule has 28 heavy (non-hydrogen) atoms. The Labute approximate surface area is 164 Å². The molecule has 0 unspecified atom stereocenters. The zero-order chi connectivity index (χ0) is 20.7. The van der Waals surface area contributed by atoms with Crippen LogP contribution >= 0.6 is 11.8 Å². The van der Waals surface area contributed by atoms with E-state index in [2.05, 4.69) is 10.3 Å². The van der Waals surface area contributed by atoms with Gasteiger partial charge in [0.05, 0.1) is 5.56 Å². The standard InChI is InChI=1S/C17H21F3N4O3S/c1-28-15-12(3-2-6-21-15)16(27)24-7-4-11(5-8-24)9-22-13(25)14(26)23-10-17(18,19)20/h2-3,6,11H,4-5,7-10H2,1H3,(H,22,25)(H,23,26). The summed E-state index contributed by atoms with van der Waals surface area (Å²) in [5.74, 6) is -2.47. The lowest BCUT2D eigenvalue weighted by Crippen LogP contribution is -2.46. The first-order chi connectivity index (χ1) is 13.2. The molecule has 1 aromatic rings. The van der Waals surface area contributed by atoms with Gasteiger partial charge in [0.25, 0.3) is 5.91 Å². The molecule has 1 aliphatic heterocycles. The number of likely N-dealkylation sites (tertiary alicyclic amines) is 1. The number of carbonyl (C=O) groups is 3. The summed E-state index contributed by atoms with van der Waals surface area (Å²) < 4.78 is 36.1. The summed E-state index contributed by atoms with van der Waals surface area (Å²) in [6, 6.07) is 3.44. The third kappa shape index (κ3) is 6.39. The van der Waals surface area contributed by atoms with Crippen LogP contribution in [0.1, 0.15) is 23.2 Å². The Balaban J connectivity index is 1.77. The minimum absolute atomic E-state index is 0.0392. The van der Waals surface area contributed by atoms with Gasteiger partial charge in [-0.1, -0.05) is 0 Å². The molecule has 2 N–H and O–H groups in total. The van der Waals surface area contributed by atoms with E-state index in [9.17, 15) is 27.6 Å². The number of halogens is 3. The molecular formula is C17H21F3N4O3S. The Bertz CT molecular complexity index is 722. The molecule has 1 aromatic heterocycles. The van der Waals surface area contributed by atoms with Gasteiger partial charge in [0.1, 0.15) is 11.6 Å². The van der Waals surface area contributed by atoms with Crippen LogP contribution in [0.4, 0.5) is 13.2 Å². The van der Waals surface area contributed by atoms with Gasteiger partial charge in [0, 0.05) is 25.8 Å². The molecule has 2 rings (SSSR count). The van der Waals surface area contributed by atoms with E-state index in [1.807, 2.05) is 6.26 Å². The van der Waals surface area contributed by atoms with Crippen molar-refractivity contribution in [3.63, 3.8) is 0 Å². The first-order valence-electron chi connectivity index (χ1n) is 8.62. The van der Waals surface area contributed by atoms with Crippen molar-refractivity contribution in [1.82, 2.24) is 20.5 Å². The number of carbonyl (C=O) groups excluding carboxylic acids is 3. The van der Waals surface area contributed by atoms with Crippen molar-refractivity contribution in [2.75, 3.05) is 32.4 Å². The van der Waals surface area contributed by atoms with Crippen LogP contribution in [0.5, 0.6) is 0 Å². The van der Waals surface area contributed by atoms with Crippen molar-refractivity contribution in [2.24, 2.45) is 5.92 Å². The van der Waals surface area contributed by atoms with Crippen LogP contribution in [0, 0.1) is 5.92 Å². The van der Waals surface area contributed by atoms with Gasteiger partial charge >= 0.3 is 18.0 Å². The lowest BCUT2D eigenvalue weighted by Gasteiger charge is -2.32. The second-order valence-electron chi connectivity index (χ2n) is 6.30. The summed E-state index contributed by atoms with van der Waals surface area (Å²) in [4.78, 5) is 41.5. The summed E-state index contributed by atoms with van der Waals surface area (Å²) in [5, 5.41) is 4.53. The van der Waals surface area contributed by atoms with Gasteiger partial charge in [-0.2, -0.15) is 13.2 Å². The molecule has 0 aliphatic carbocycles. The number of amides is 3. The van der Waals surface area contributed by atoms with Crippen LogP contribution in [-0.2, 0) is 9.59 Å². The molecule has 1 aliphatic rings. The normalized spacial score (nSPS) is 15.2. The van der Waals surface area contributed by atoms with Crippen molar-refractivity contribution in [1.29, 1.82) is 0 Å². The fourth-order valence-electron chi connectivity index (χ4n) is 2.80. The van der Waals surface area contributed by atoms with E-state index in [-0.39, 0.29) is 18.4 Å². The van der Waals surface area contributed by atoms with Crippen LogP contribution in [0.3, 0.4) is 0 Å². The number of aromatic nitrogens is 1. The zero-order valence-electron chi connectivity index (χ0n) is 15.2. The third-order valence-electron chi connectivity index (χ3n) is 4.30. The summed E-state index contributed by atoms with van der Waals surface area (Å²) in [6.45, 7) is -0.403. The van der Waals surface area contributed by atoms with Crippen LogP contribution in [-0.4, -0.2) is 66.2 Å². The van der Waals surface area contributed by atoms with Crippen LogP contribution < -0.4 is 10.6 Å². The van der Waals surface area contributed by atoms with E-state index in [0.717, 1.165) is 0 Å². The highest BCUT2D eigenvalue weighted by Crippen LogP contribution is 2.22. The Morgan fingerprint density at radius 2 is 1.86 bits per heavy atom. The highest BCUT2D eigenvalue weighted by atomic mass is 32.2. The lowest BCUT2D eigenvalue weighted by atomic mass is 9.96. The second-order valence-corrected chi connectivity index (χ2v) is 7.10. The van der Waals surface area contributed by atoms with Crippen molar-refractivity contribution in [3.8, 4) is 0 Å². The van der Waals surface area contributed by atoms with Crippen LogP contribution in [0.15, 0.2) is 23.4 Å². The van der Waals surface area contributed by atoms with Gasteiger partial charge in [-0.15, -0.1) is 11.8 Å². The lowest BCUT2D eigenvalue weighted by molar-refractivity contribution is -0.146. The minimum Gasteiger partial charge on any atom is -0.348 e. The SMILES string of the molecule is CSc1ncccc1C(=O)N1CCC(CNC(=O)C(=O)NCC(F)(F)F)CC1. The third-order valence-corrected chi connectivity index (χ3v) is 5.02. The number of alkyl halides is 3. The topological polar surface area (TPSA) is 91.4 Å². The molecule has 1 fully saturated rings. The number of hydrogen-bond acceptors (Lipinski definition) is 5. The number of thioether (sulfide) groups is 1. The molecule has 2 heterocycles. The number of nitrogens with one attached hydrogen (secondary N) is 2. The van der Waals surface area contributed by atoms with E-state index in [1.165, 1.54) is 17.1 Å². The highest BCUT2D eigenvalue weighted by Gasteiger charge is 2.30. The van der Waals surface area contributed by atoms with Gasteiger partial charge in [-0.05, 0) is 37.1 Å². The quantitative estimate of drug-likeness (QED) is 0.558. The van der Waals surface area contributed by atoms with Gasteiger partial charge in [-0.25, -0.2) is 4.98 Å². The van der Waals surface area contributed by atoms with Crippen molar-refractivity contribution < 1.29 is 27.6 Å². The Morgan fingerprint density at radius 3 is 2.46 bits per heavy atom. The second kappa shape index (κ2) is 9.76. The average molecular weight is 418 g/mol. The molecular weight excluding hydrogens is 397 g/mol. The number of piperidine rings is 1. The summed E-state index contributed by atoms with van der Waals surface area (Å²) in [6.07, 6.45) is 0.136. The van der Waals surface area contributed by atoms with Gasteiger partial charge in [0.2, 0.25) is 0 Å². The average Bonchev–Trinajstić information content (AvgIpc) is 2.69. The van der Waals surface area contributed by atoms with Gasteiger partial charge < -0.3 is 15.5 Å². The number of pyridine rings is 1. The molecule has 0 atom stereocenters. The minimum atomic E-state index is -4.57. The summed E-state index contributed by atoms with van der Waals surface area (Å²) in [7, 11) is 0. The fourth-order valence-corrected chi connectivity index (χ4v) is 3.35. The molecule has 0 bridgehead atoms. The molecule has 154 valence electrons. The predicted molar refractivity (Wildman–Crippen MR) is 96.7 cm³/mol. The molecule has 7 nitrogen and oxygen atoms in total. The maximum Gasteiger partial charge on any atom is 0.405 e. The summed E-state index contributed by atoms with van der Waals surface area (Å²) >= 11 is 1.39. The van der Waals surface area contributed by atoms with E-state index in [4.69, 9.17) is 0 Å². The van der Waals surface area contributed by atoms with Crippen molar-refractivity contribution in [2.45, 2.75) is 24.0 Å². The van der Waals surface area contributed by atoms with Gasteiger partial charge in [-0.3, -0.25) is 14.4 Å². The van der Waals surface area contributed by atoms with Crippen molar-refractivity contribution >= 4 is 29.5 Å². The van der Waals surface area contributed by atoms with E-state index < -0.39 is 24.5 Å². The van der Waals surface area contributed by atoms with Crippen LogP contribution in [0.2, 0.25) is 0 Å². The largest absolute Gasteiger partial charge is 0.405 e. The molecule has 3 amide bonds. The monoisotopic (exact) mass is 418 g/mol. The Hall–Kier alpha value is -2.30. The predicted octanol–water partition coefficient (Wildman–Crippen LogP) is 1.45. The Morgan fingerprint density at radius 1 is 1.21 bits per heavy atom. The van der Waals surface area contributed by atoms with E-state index >= 15 is 0 Å².